The van der Waals surface area contributed by atoms with Crippen molar-refractivity contribution in [3.63, 3.8) is 0 Å². The third-order valence-electron chi connectivity index (χ3n) is 4.63. The van der Waals surface area contributed by atoms with Gasteiger partial charge in [0.1, 0.15) is 4.99 Å². The molecule has 1 heterocycles. The molecular weight excluding hydrogens is 353 g/mol. The summed E-state index contributed by atoms with van der Waals surface area (Å²) in [6.07, 6.45) is 0. The molecule has 0 aliphatic rings. The van der Waals surface area contributed by atoms with E-state index in [1.807, 2.05) is 31.2 Å². The van der Waals surface area contributed by atoms with Crippen LogP contribution in [-0.4, -0.2) is 25.7 Å². The molecule has 0 spiro atoms. The van der Waals surface area contributed by atoms with Crippen LogP contribution in [0.4, 0.5) is 4.39 Å². The molecule has 4 nitrogen and oxygen atoms in total. The monoisotopic (exact) mass is 371 g/mol. The van der Waals surface area contributed by atoms with Gasteiger partial charge >= 0.3 is 5.97 Å². The van der Waals surface area contributed by atoms with Crippen molar-refractivity contribution < 1.29 is 19.4 Å². The Morgan fingerprint density at radius 2 is 1.81 bits per heavy atom. The van der Waals surface area contributed by atoms with Crippen molar-refractivity contribution in [2.45, 2.75) is 26.7 Å². The summed E-state index contributed by atoms with van der Waals surface area (Å²) < 4.78 is 15.7. The van der Waals surface area contributed by atoms with E-state index in [0.29, 0.717) is 27.1 Å². The van der Waals surface area contributed by atoms with Crippen molar-refractivity contribution in [2.75, 3.05) is 0 Å². The Labute approximate surface area is 155 Å². The van der Waals surface area contributed by atoms with Crippen LogP contribution in [0.5, 0.6) is 5.75 Å². The highest BCUT2D eigenvalue weighted by molar-refractivity contribution is 7.80. The maximum atomic E-state index is 14.0. The van der Waals surface area contributed by atoms with Crippen molar-refractivity contribution in [3.05, 3.63) is 64.6 Å². The van der Waals surface area contributed by atoms with Crippen LogP contribution < -0.4 is 0 Å². The van der Waals surface area contributed by atoms with Gasteiger partial charge in [0.15, 0.2) is 11.6 Å². The molecule has 2 aromatic carbocycles. The number of hydrogen-bond acceptors (Lipinski definition) is 3. The molecule has 134 valence electrons. The zero-order chi connectivity index (χ0) is 19.2. The summed E-state index contributed by atoms with van der Waals surface area (Å²) in [7, 11) is 0. The molecule has 3 rings (SSSR count). The molecule has 3 aromatic rings. The number of benzene rings is 2. The first-order valence-corrected chi connectivity index (χ1v) is 8.50. The van der Waals surface area contributed by atoms with E-state index in [0.717, 1.165) is 11.1 Å². The van der Waals surface area contributed by atoms with Gasteiger partial charge in [0.25, 0.3) is 0 Å². The van der Waals surface area contributed by atoms with Crippen LogP contribution in [0, 0.1) is 19.7 Å². The van der Waals surface area contributed by atoms with Gasteiger partial charge in [-0.15, -0.1) is 0 Å². The number of thiocarbonyl (C=S) groups is 1. The highest BCUT2D eigenvalue weighted by Gasteiger charge is 2.26. The van der Waals surface area contributed by atoms with Crippen LogP contribution in [0.15, 0.2) is 36.4 Å². The minimum atomic E-state index is -1.00. The van der Waals surface area contributed by atoms with Gasteiger partial charge < -0.3 is 14.8 Å². The third kappa shape index (κ3) is 2.86. The number of aromatic hydroxyl groups is 1. The maximum Gasteiger partial charge on any atom is 0.310 e. The Morgan fingerprint density at radius 3 is 2.38 bits per heavy atom. The van der Waals surface area contributed by atoms with Gasteiger partial charge in [-0.2, -0.15) is 0 Å². The predicted molar refractivity (Wildman–Crippen MR) is 103 cm³/mol. The van der Waals surface area contributed by atoms with E-state index in [2.05, 4.69) is 0 Å². The lowest BCUT2D eigenvalue weighted by molar-refractivity contribution is -0.138. The zero-order valence-corrected chi connectivity index (χ0v) is 15.4. The van der Waals surface area contributed by atoms with E-state index in [4.69, 9.17) is 12.2 Å². The number of fused-ring (bicyclic) bond motifs is 1. The average molecular weight is 371 g/mol. The topological polar surface area (TPSA) is 62.5 Å². The number of carboxylic acid groups (broad SMARTS) is 1. The summed E-state index contributed by atoms with van der Waals surface area (Å²) in [5.74, 6) is -3.13. The molecule has 1 unspecified atom stereocenters. The van der Waals surface area contributed by atoms with Crippen molar-refractivity contribution in [2.24, 2.45) is 0 Å². The first-order chi connectivity index (χ1) is 12.2. The molecule has 0 fully saturated rings. The normalized spacial score (nSPS) is 12.3. The lowest BCUT2D eigenvalue weighted by Gasteiger charge is -2.12. The fourth-order valence-corrected chi connectivity index (χ4v) is 3.58. The molecule has 1 aromatic heterocycles. The quantitative estimate of drug-likeness (QED) is 0.665. The Kier molecular flexibility index (Phi) is 4.54. The number of phenolic OH excluding ortho intramolecular Hbond substituents is 1. The lowest BCUT2D eigenvalue weighted by atomic mass is 9.98. The second-order valence-electron chi connectivity index (χ2n) is 6.39. The van der Waals surface area contributed by atoms with E-state index < -0.39 is 23.5 Å². The highest BCUT2D eigenvalue weighted by Crippen LogP contribution is 2.36. The Morgan fingerprint density at radius 1 is 1.19 bits per heavy atom. The molecule has 0 aliphatic carbocycles. The van der Waals surface area contributed by atoms with Crippen molar-refractivity contribution in [3.8, 4) is 5.75 Å². The SMILES string of the molecule is Cc1ccc(C(=S)n2c(C)c(C(C)C(=O)O)c3cc(O)c(F)cc32)cc1. The molecular formula is C20H18FNO3S. The minimum Gasteiger partial charge on any atom is -0.505 e. The van der Waals surface area contributed by atoms with E-state index in [-0.39, 0.29) is 0 Å². The third-order valence-corrected chi connectivity index (χ3v) is 5.04. The van der Waals surface area contributed by atoms with Crippen molar-refractivity contribution in [1.82, 2.24) is 4.57 Å². The zero-order valence-electron chi connectivity index (χ0n) is 14.6. The van der Waals surface area contributed by atoms with E-state index in [9.17, 15) is 19.4 Å². The Balaban J connectivity index is 2.33. The number of hydrogen-bond donors (Lipinski definition) is 2. The van der Waals surface area contributed by atoms with Crippen molar-refractivity contribution >= 4 is 34.1 Å². The molecule has 6 heteroatoms. The predicted octanol–water partition coefficient (Wildman–Crippen LogP) is 4.51. The van der Waals surface area contributed by atoms with Crippen LogP contribution in [0.2, 0.25) is 0 Å². The molecule has 0 radical (unpaired) electrons. The molecule has 26 heavy (non-hydrogen) atoms. The number of rotatable bonds is 3. The Hall–Kier alpha value is -2.73. The van der Waals surface area contributed by atoms with E-state index >= 15 is 0 Å². The molecule has 0 amide bonds. The fraction of sp³-hybridized carbons (Fsp3) is 0.200. The van der Waals surface area contributed by atoms with Gasteiger partial charge in [0.05, 0.1) is 11.4 Å². The lowest BCUT2D eigenvalue weighted by Crippen LogP contribution is -2.14. The molecule has 1 atom stereocenters. The fourth-order valence-electron chi connectivity index (χ4n) is 3.21. The average Bonchev–Trinajstić information content (AvgIpc) is 2.85. The van der Waals surface area contributed by atoms with E-state index in [1.165, 1.54) is 12.1 Å². The molecule has 0 aliphatic heterocycles. The first-order valence-electron chi connectivity index (χ1n) is 8.10. The number of aromatic nitrogens is 1. The maximum absolute atomic E-state index is 14.0. The second kappa shape index (κ2) is 6.53. The number of carbonyl (C=O) groups is 1. The molecule has 2 N–H and O–H groups in total. The summed E-state index contributed by atoms with van der Waals surface area (Å²) >= 11 is 5.62. The van der Waals surface area contributed by atoms with Crippen LogP contribution in [-0.2, 0) is 4.79 Å². The standard InChI is InChI=1S/C20H18FNO3S/c1-10-4-6-13(7-5-10)19(26)22-12(3)18(11(2)20(24)25)14-8-17(23)15(21)9-16(14)22/h4-9,11,23H,1-3H3,(H,24,25). The largest absolute Gasteiger partial charge is 0.505 e. The smallest absolute Gasteiger partial charge is 0.310 e. The van der Waals surface area contributed by atoms with Crippen molar-refractivity contribution in [1.29, 1.82) is 0 Å². The van der Waals surface area contributed by atoms with Gasteiger partial charge in [0, 0.05) is 22.7 Å². The summed E-state index contributed by atoms with van der Waals surface area (Å²) in [5.41, 5.74) is 3.42. The van der Waals surface area contributed by atoms with Gasteiger partial charge in [-0.1, -0.05) is 42.0 Å². The number of nitrogens with zero attached hydrogens (tertiary/aromatic N) is 1. The first kappa shape index (κ1) is 18.1. The van der Waals surface area contributed by atoms with Gasteiger partial charge in [-0.3, -0.25) is 4.79 Å². The number of phenols is 1. The summed E-state index contributed by atoms with van der Waals surface area (Å²) in [6, 6.07) is 10.1. The van der Waals surface area contributed by atoms with E-state index in [1.54, 1.807) is 18.4 Å². The molecule has 0 saturated carbocycles. The number of carboxylic acids is 1. The molecule has 0 saturated heterocycles. The molecule has 0 bridgehead atoms. The highest BCUT2D eigenvalue weighted by atomic mass is 32.1. The van der Waals surface area contributed by atoms with Crippen LogP contribution in [0.25, 0.3) is 10.9 Å². The van der Waals surface area contributed by atoms with Crippen LogP contribution in [0.1, 0.15) is 35.2 Å². The summed E-state index contributed by atoms with van der Waals surface area (Å²) in [6.45, 7) is 5.28. The summed E-state index contributed by atoms with van der Waals surface area (Å²) in [5, 5.41) is 19.7. The Bertz CT molecular complexity index is 1040. The van der Waals surface area contributed by atoms with Crippen LogP contribution in [0.3, 0.4) is 0 Å². The number of halogens is 1. The van der Waals surface area contributed by atoms with Gasteiger partial charge in [-0.25, -0.2) is 4.39 Å². The van der Waals surface area contributed by atoms with Crippen LogP contribution >= 0.6 is 12.2 Å². The summed E-state index contributed by atoms with van der Waals surface area (Å²) in [4.78, 5) is 12.0. The second-order valence-corrected chi connectivity index (χ2v) is 6.77. The number of aryl methyl sites for hydroxylation is 1. The van der Waals surface area contributed by atoms with Gasteiger partial charge in [-0.05, 0) is 32.4 Å². The van der Waals surface area contributed by atoms with Gasteiger partial charge in [0.2, 0.25) is 0 Å². The number of aliphatic carboxylic acids is 1. The minimum absolute atomic E-state index is 0.437.